The molecule has 0 unspecified atom stereocenters. The Labute approximate surface area is 143 Å². The molecule has 3 rings (SSSR count). The molecule has 2 N–H and O–H groups in total. The fourth-order valence-electron chi connectivity index (χ4n) is 2.59. The zero-order chi connectivity index (χ0) is 16.4. The molecule has 122 valence electrons. The summed E-state index contributed by atoms with van der Waals surface area (Å²) in [6.07, 6.45) is 0. The van der Waals surface area contributed by atoms with E-state index in [1.54, 1.807) is 19.2 Å². The van der Waals surface area contributed by atoms with Crippen LogP contribution in [0.1, 0.15) is 5.56 Å². The number of benzene rings is 1. The first kappa shape index (κ1) is 16.2. The van der Waals surface area contributed by atoms with Crippen molar-refractivity contribution in [2.75, 3.05) is 32.2 Å². The van der Waals surface area contributed by atoms with Gasteiger partial charge in [-0.3, -0.25) is 19.2 Å². The van der Waals surface area contributed by atoms with Crippen LogP contribution in [0.25, 0.3) is 5.69 Å². The number of hydrogen-bond donors (Lipinski definition) is 2. The molecule has 1 aliphatic rings. The van der Waals surface area contributed by atoms with Crippen molar-refractivity contribution in [3.8, 4) is 5.69 Å². The Hall–Kier alpha value is -1.67. The summed E-state index contributed by atoms with van der Waals surface area (Å²) in [7, 11) is 1.66. The van der Waals surface area contributed by atoms with Crippen molar-refractivity contribution in [3.05, 3.63) is 50.0 Å². The number of ether oxygens (including phenoxy) is 1. The molecule has 0 atom stereocenters. The molecule has 6 nitrogen and oxygen atoms in total. The van der Waals surface area contributed by atoms with E-state index >= 15 is 0 Å². The van der Waals surface area contributed by atoms with Crippen LogP contribution in [0.4, 0.5) is 5.82 Å². The summed E-state index contributed by atoms with van der Waals surface area (Å²) in [5.74, 6) is 0.731. The van der Waals surface area contributed by atoms with E-state index in [9.17, 15) is 4.79 Å². The van der Waals surface area contributed by atoms with Crippen molar-refractivity contribution in [2.24, 2.45) is 0 Å². The van der Waals surface area contributed by atoms with E-state index in [4.69, 9.17) is 28.6 Å². The number of aromatic nitrogens is 2. The summed E-state index contributed by atoms with van der Waals surface area (Å²) >= 11 is 11.3. The van der Waals surface area contributed by atoms with E-state index in [-0.39, 0.29) is 5.56 Å². The second-order valence-electron chi connectivity index (χ2n) is 5.28. The number of nitrogens with zero attached hydrogens (tertiary/aromatic N) is 2. The number of aromatic amines is 1. The zero-order valence-electron chi connectivity index (χ0n) is 12.6. The van der Waals surface area contributed by atoms with Crippen LogP contribution in [0, 0.1) is 4.77 Å². The Morgan fingerprint density at radius 3 is 2.78 bits per heavy atom. The van der Waals surface area contributed by atoms with E-state index in [1.807, 2.05) is 16.7 Å². The van der Waals surface area contributed by atoms with Gasteiger partial charge in [0.2, 0.25) is 0 Å². The van der Waals surface area contributed by atoms with Gasteiger partial charge in [-0.1, -0.05) is 11.6 Å². The Morgan fingerprint density at radius 2 is 2.09 bits per heavy atom. The second-order valence-corrected chi connectivity index (χ2v) is 6.10. The van der Waals surface area contributed by atoms with E-state index in [2.05, 4.69) is 15.2 Å². The second kappa shape index (κ2) is 6.84. The summed E-state index contributed by atoms with van der Waals surface area (Å²) in [6, 6.07) is 7.33. The summed E-state index contributed by atoms with van der Waals surface area (Å²) in [5.41, 5.74) is 1.35. The molecular weight excluding hydrogens is 336 g/mol. The zero-order valence-corrected chi connectivity index (χ0v) is 14.2. The first-order valence-electron chi connectivity index (χ1n) is 7.19. The fourth-order valence-corrected chi connectivity index (χ4v) is 3.00. The summed E-state index contributed by atoms with van der Waals surface area (Å²) in [5, 5.41) is 3.95. The standard InChI is InChI=1S/C15H17ClN4O2S/c1-22-7-6-19-8-12-13(17-9-19)20(15(23)18-14(12)21)11-4-2-10(16)3-5-11/h2-5,17H,6-9H2,1H3,(H,18,21,23). The minimum atomic E-state index is -0.162. The van der Waals surface area contributed by atoms with Crippen LogP contribution in [-0.4, -0.2) is 41.4 Å². The molecule has 23 heavy (non-hydrogen) atoms. The van der Waals surface area contributed by atoms with E-state index in [0.717, 1.165) is 18.1 Å². The topological polar surface area (TPSA) is 62.3 Å². The van der Waals surface area contributed by atoms with Crippen molar-refractivity contribution in [1.82, 2.24) is 14.5 Å². The third-order valence-corrected chi connectivity index (χ3v) is 4.29. The molecule has 8 heteroatoms. The lowest BCUT2D eigenvalue weighted by molar-refractivity contribution is 0.146. The van der Waals surface area contributed by atoms with Gasteiger partial charge in [-0.2, -0.15) is 0 Å². The van der Waals surface area contributed by atoms with Gasteiger partial charge in [-0.05, 0) is 36.5 Å². The van der Waals surface area contributed by atoms with Gasteiger partial charge in [0.15, 0.2) is 4.77 Å². The van der Waals surface area contributed by atoms with Gasteiger partial charge in [-0.25, -0.2) is 0 Å². The van der Waals surface area contributed by atoms with Crippen LogP contribution < -0.4 is 10.9 Å². The molecule has 2 aromatic rings. The molecule has 1 aliphatic heterocycles. The lowest BCUT2D eigenvalue weighted by Gasteiger charge is -2.30. The SMILES string of the molecule is COCCN1CNc2c(c(=O)[nH]c(=S)n2-c2ccc(Cl)cc2)C1. The third-order valence-electron chi connectivity index (χ3n) is 3.76. The number of H-pyrrole nitrogens is 1. The molecule has 0 saturated heterocycles. The van der Waals surface area contributed by atoms with Gasteiger partial charge < -0.3 is 10.1 Å². The van der Waals surface area contributed by atoms with E-state index in [0.29, 0.717) is 35.2 Å². The van der Waals surface area contributed by atoms with Gasteiger partial charge in [0.1, 0.15) is 5.82 Å². The first-order valence-corrected chi connectivity index (χ1v) is 7.98. The minimum absolute atomic E-state index is 0.162. The first-order chi connectivity index (χ1) is 11.1. The number of fused-ring (bicyclic) bond motifs is 1. The highest BCUT2D eigenvalue weighted by Crippen LogP contribution is 2.23. The van der Waals surface area contributed by atoms with Gasteiger partial charge in [-0.15, -0.1) is 0 Å². The normalized spacial score (nSPS) is 14.3. The predicted molar refractivity (Wildman–Crippen MR) is 93.0 cm³/mol. The maximum atomic E-state index is 12.3. The number of hydrogen-bond acceptors (Lipinski definition) is 5. The largest absolute Gasteiger partial charge is 0.383 e. The van der Waals surface area contributed by atoms with Crippen molar-refractivity contribution in [1.29, 1.82) is 0 Å². The molecule has 0 fully saturated rings. The van der Waals surface area contributed by atoms with Crippen molar-refractivity contribution < 1.29 is 4.74 Å². The highest BCUT2D eigenvalue weighted by Gasteiger charge is 2.22. The molecule has 0 radical (unpaired) electrons. The number of anilines is 1. The van der Waals surface area contributed by atoms with Crippen LogP contribution in [0.2, 0.25) is 5.02 Å². The Kier molecular flexibility index (Phi) is 4.82. The Balaban J connectivity index is 2.05. The third kappa shape index (κ3) is 3.32. The number of halogens is 1. The Morgan fingerprint density at radius 1 is 1.35 bits per heavy atom. The average molecular weight is 353 g/mol. The highest BCUT2D eigenvalue weighted by molar-refractivity contribution is 7.71. The minimum Gasteiger partial charge on any atom is -0.383 e. The molecular formula is C15H17ClN4O2S. The molecule has 0 amide bonds. The van der Waals surface area contributed by atoms with Gasteiger partial charge >= 0.3 is 0 Å². The molecule has 0 bridgehead atoms. The molecule has 0 saturated carbocycles. The Bertz CT molecular complexity index is 816. The van der Waals surface area contributed by atoms with Crippen molar-refractivity contribution in [3.63, 3.8) is 0 Å². The molecule has 1 aromatic heterocycles. The molecule has 2 heterocycles. The van der Waals surface area contributed by atoms with Crippen LogP contribution in [0.15, 0.2) is 29.1 Å². The monoisotopic (exact) mass is 352 g/mol. The number of nitrogens with one attached hydrogen (secondary N) is 2. The van der Waals surface area contributed by atoms with Crippen molar-refractivity contribution in [2.45, 2.75) is 6.54 Å². The lowest BCUT2D eigenvalue weighted by Crippen LogP contribution is -2.40. The highest BCUT2D eigenvalue weighted by atomic mass is 35.5. The molecule has 0 spiro atoms. The van der Waals surface area contributed by atoms with Crippen LogP contribution in [-0.2, 0) is 11.3 Å². The van der Waals surface area contributed by atoms with Gasteiger partial charge in [0.05, 0.1) is 18.8 Å². The van der Waals surface area contributed by atoms with Crippen molar-refractivity contribution >= 4 is 29.6 Å². The fraction of sp³-hybridized carbons (Fsp3) is 0.333. The molecule has 0 aliphatic carbocycles. The van der Waals surface area contributed by atoms with E-state index in [1.165, 1.54) is 0 Å². The van der Waals surface area contributed by atoms with Crippen LogP contribution in [0.5, 0.6) is 0 Å². The summed E-state index contributed by atoms with van der Waals surface area (Å²) in [6.45, 7) is 2.54. The summed E-state index contributed by atoms with van der Waals surface area (Å²) in [4.78, 5) is 17.1. The molecule has 1 aromatic carbocycles. The number of rotatable bonds is 4. The van der Waals surface area contributed by atoms with Crippen LogP contribution in [0.3, 0.4) is 0 Å². The summed E-state index contributed by atoms with van der Waals surface area (Å²) < 4.78 is 7.28. The number of methoxy groups -OCH3 is 1. The smallest absolute Gasteiger partial charge is 0.258 e. The average Bonchev–Trinajstić information content (AvgIpc) is 2.55. The maximum Gasteiger partial charge on any atom is 0.258 e. The van der Waals surface area contributed by atoms with Gasteiger partial charge in [0.25, 0.3) is 5.56 Å². The lowest BCUT2D eigenvalue weighted by atomic mass is 10.2. The maximum absolute atomic E-state index is 12.3. The predicted octanol–water partition coefficient (Wildman–Crippen LogP) is 2.38. The van der Waals surface area contributed by atoms with Gasteiger partial charge in [0, 0.05) is 30.9 Å². The van der Waals surface area contributed by atoms with Crippen LogP contribution >= 0.6 is 23.8 Å². The van der Waals surface area contributed by atoms with E-state index < -0.39 is 0 Å². The quantitative estimate of drug-likeness (QED) is 0.827.